The fourth-order valence-corrected chi connectivity index (χ4v) is 2.79. The topological polar surface area (TPSA) is 37.3 Å². The first-order chi connectivity index (χ1) is 8.68. The fraction of sp³-hybridized carbons (Fsp3) is 0.462. The van der Waals surface area contributed by atoms with Crippen LogP contribution in [0.15, 0.2) is 18.2 Å². The van der Waals surface area contributed by atoms with E-state index in [0.29, 0.717) is 11.8 Å². The Hall–Kier alpha value is -1.17. The number of carboxylic acids is 1. The van der Waals surface area contributed by atoms with Crippen molar-refractivity contribution in [2.75, 3.05) is 0 Å². The first-order valence-electron chi connectivity index (χ1n) is 5.66. The molecule has 0 saturated heterocycles. The molecule has 0 amide bonds. The number of benzene rings is 1. The first kappa shape index (κ1) is 15.9. The van der Waals surface area contributed by atoms with Crippen molar-refractivity contribution in [3.8, 4) is 0 Å². The second kappa shape index (κ2) is 6.32. The van der Waals surface area contributed by atoms with Gasteiger partial charge in [-0.3, -0.25) is 4.79 Å². The van der Waals surface area contributed by atoms with E-state index >= 15 is 0 Å². The highest BCUT2D eigenvalue weighted by atomic mass is 32.2. The van der Waals surface area contributed by atoms with Gasteiger partial charge in [0, 0.05) is 5.75 Å². The lowest BCUT2D eigenvalue weighted by Gasteiger charge is -2.18. The number of hydrogen-bond acceptors (Lipinski definition) is 2. The lowest BCUT2D eigenvalue weighted by atomic mass is 10.1. The van der Waals surface area contributed by atoms with E-state index in [-0.39, 0.29) is 5.75 Å². The molecule has 0 aromatic heterocycles. The maximum absolute atomic E-state index is 12.7. The average Bonchev–Trinajstić information content (AvgIpc) is 2.20. The Labute approximate surface area is 114 Å². The van der Waals surface area contributed by atoms with E-state index in [1.54, 1.807) is 0 Å². The van der Waals surface area contributed by atoms with Gasteiger partial charge in [-0.1, -0.05) is 29.3 Å². The van der Waals surface area contributed by atoms with Crippen molar-refractivity contribution in [2.45, 2.75) is 37.4 Å². The molecular weight excluding hydrogens is 277 g/mol. The highest BCUT2D eigenvalue weighted by Crippen LogP contribution is 2.34. The molecule has 0 spiro atoms. The second-order valence-electron chi connectivity index (χ2n) is 4.44. The second-order valence-corrected chi connectivity index (χ2v) is 5.63. The molecular formula is C13H15F3O2S. The van der Waals surface area contributed by atoms with Crippen LogP contribution in [0.1, 0.15) is 23.1 Å². The predicted molar refractivity (Wildman–Crippen MR) is 69.3 cm³/mol. The maximum atomic E-state index is 12.7. The minimum atomic E-state index is -4.50. The fourth-order valence-electron chi connectivity index (χ4n) is 1.78. The van der Waals surface area contributed by atoms with Crippen LogP contribution < -0.4 is 0 Å². The Kier molecular flexibility index (Phi) is 5.29. The molecule has 6 heteroatoms. The van der Waals surface area contributed by atoms with E-state index in [9.17, 15) is 18.0 Å². The predicted octanol–water partition coefficient (Wildman–Crippen LogP) is 3.94. The number of hydrogen-bond donors (Lipinski definition) is 1. The highest BCUT2D eigenvalue weighted by molar-refractivity contribution is 7.99. The van der Waals surface area contributed by atoms with Gasteiger partial charge in [-0.15, -0.1) is 11.8 Å². The summed E-state index contributed by atoms with van der Waals surface area (Å²) in [5.74, 6) is -1.28. The lowest BCUT2D eigenvalue weighted by molar-refractivity contribution is -0.149. The molecule has 0 aliphatic heterocycles. The average molecular weight is 292 g/mol. The molecule has 1 rings (SSSR count). The van der Waals surface area contributed by atoms with Gasteiger partial charge in [0.05, 0.1) is 6.42 Å². The zero-order valence-electron chi connectivity index (χ0n) is 10.6. The third kappa shape index (κ3) is 5.55. The summed E-state index contributed by atoms with van der Waals surface area (Å²) < 4.78 is 38.0. The van der Waals surface area contributed by atoms with Gasteiger partial charge < -0.3 is 5.11 Å². The van der Waals surface area contributed by atoms with Crippen molar-refractivity contribution < 1.29 is 23.1 Å². The Morgan fingerprint density at radius 1 is 1.26 bits per heavy atom. The summed E-state index contributed by atoms with van der Waals surface area (Å²) in [5.41, 5.74) is 2.75. The number of rotatable bonds is 5. The Balaban J connectivity index is 2.73. The quantitative estimate of drug-likeness (QED) is 0.893. The smallest absolute Gasteiger partial charge is 0.401 e. The number of thioether (sulfide) groups is 1. The van der Waals surface area contributed by atoms with Gasteiger partial charge in [0.2, 0.25) is 0 Å². The van der Waals surface area contributed by atoms with E-state index in [1.165, 1.54) is 0 Å². The minimum absolute atomic E-state index is 0.153. The third-order valence-corrected chi connectivity index (χ3v) is 3.79. The van der Waals surface area contributed by atoms with Crippen molar-refractivity contribution in [2.24, 2.45) is 0 Å². The number of halogens is 3. The summed E-state index contributed by atoms with van der Waals surface area (Å²) >= 11 is 0.621. The van der Waals surface area contributed by atoms with Gasteiger partial charge in [-0.2, -0.15) is 13.2 Å². The largest absolute Gasteiger partial charge is 0.481 e. The molecule has 0 fully saturated rings. The van der Waals surface area contributed by atoms with Gasteiger partial charge in [-0.05, 0) is 19.4 Å². The molecule has 0 aliphatic carbocycles. The van der Waals surface area contributed by atoms with E-state index in [2.05, 4.69) is 0 Å². The Bertz CT molecular complexity index is 437. The Morgan fingerprint density at radius 2 is 1.79 bits per heavy atom. The normalized spacial score (nSPS) is 13.3. The molecule has 1 atom stereocenters. The lowest BCUT2D eigenvalue weighted by Crippen LogP contribution is -2.28. The van der Waals surface area contributed by atoms with Gasteiger partial charge in [-0.25, -0.2) is 0 Å². The molecule has 1 N–H and O–H groups in total. The van der Waals surface area contributed by atoms with Crippen molar-refractivity contribution in [1.29, 1.82) is 0 Å². The number of aryl methyl sites for hydroxylation is 2. The highest BCUT2D eigenvalue weighted by Gasteiger charge is 2.41. The van der Waals surface area contributed by atoms with Crippen LogP contribution in [0, 0.1) is 13.8 Å². The Morgan fingerprint density at radius 3 is 2.21 bits per heavy atom. The number of carbonyl (C=O) groups is 1. The molecule has 19 heavy (non-hydrogen) atoms. The van der Waals surface area contributed by atoms with Crippen LogP contribution in [0.5, 0.6) is 0 Å². The molecule has 0 bridgehead atoms. The SMILES string of the molecule is Cc1cc(C)cc(CSC(CC(=O)O)C(F)(F)F)c1. The van der Waals surface area contributed by atoms with Crippen LogP contribution in [0.25, 0.3) is 0 Å². The summed E-state index contributed by atoms with van der Waals surface area (Å²) in [6, 6.07) is 5.56. The van der Waals surface area contributed by atoms with E-state index in [0.717, 1.165) is 16.7 Å². The molecule has 0 saturated carbocycles. The van der Waals surface area contributed by atoms with Crippen LogP contribution in [-0.2, 0) is 10.5 Å². The molecule has 106 valence electrons. The standard InChI is InChI=1S/C13H15F3O2S/c1-8-3-9(2)5-10(4-8)7-19-11(6-12(17)18)13(14,15)16/h3-5,11H,6-7H2,1-2H3,(H,17,18). The zero-order valence-corrected chi connectivity index (χ0v) is 11.4. The van der Waals surface area contributed by atoms with Crippen LogP contribution in [0.4, 0.5) is 13.2 Å². The summed E-state index contributed by atoms with van der Waals surface area (Å²) in [7, 11) is 0. The minimum Gasteiger partial charge on any atom is -0.481 e. The van der Waals surface area contributed by atoms with E-state index in [4.69, 9.17) is 5.11 Å². The maximum Gasteiger partial charge on any atom is 0.401 e. The van der Waals surface area contributed by atoms with E-state index < -0.39 is 23.8 Å². The van der Waals surface area contributed by atoms with Crippen LogP contribution in [0.3, 0.4) is 0 Å². The summed E-state index contributed by atoms with van der Waals surface area (Å²) in [6.07, 6.45) is -5.40. The van der Waals surface area contributed by atoms with Crippen LogP contribution >= 0.6 is 11.8 Å². The zero-order chi connectivity index (χ0) is 14.6. The molecule has 1 aromatic carbocycles. The van der Waals surface area contributed by atoms with Gasteiger partial charge in [0.1, 0.15) is 5.25 Å². The van der Waals surface area contributed by atoms with Crippen molar-refractivity contribution in [3.63, 3.8) is 0 Å². The monoisotopic (exact) mass is 292 g/mol. The van der Waals surface area contributed by atoms with Crippen LogP contribution in [-0.4, -0.2) is 22.5 Å². The summed E-state index contributed by atoms with van der Waals surface area (Å²) in [5, 5.41) is 6.65. The van der Waals surface area contributed by atoms with E-state index in [1.807, 2.05) is 32.0 Å². The molecule has 0 radical (unpaired) electrons. The summed E-state index contributed by atoms with van der Waals surface area (Å²) in [6.45, 7) is 3.75. The van der Waals surface area contributed by atoms with Crippen LogP contribution in [0.2, 0.25) is 0 Å². The van der Waals surface area contributed by atoms with Gasteiger partial charge >= 0.3 is 12.1 Å². The molecule has 2 nitrogen and oxygen atoms in total. The van der Waals surface area contributed by atoms with Gasteiger partial charge in [0.15, 0.2) is 0 Å². The van der Waals surface area contributed by atoms with Crippen molar-refractivity contribution >= 4 is 17.7 Å². The molecule has 1 unspecified atom stereocenters. The number of alkyl halides is 3. The molecule has 0 heterocycles. The van der Waals surface area contributed by atoms with Crippen molar-refractivity contribution in [1.82, 2.24) is 0 Å². The number of aliphatic carboxylic acids is 1. The summed E-state index contributed by atoms with van der Waals surface area (Å²) in [4.78, 5) is 10.5. The first-order valence-corrected chi connectivity index (χ1v) is 6.70. The molecule has 0 aliphatic rings. The van der Waals surface area contributed by atoms with Gasteiger partial charge in [0.25, 0.3) is 0 Å². The third-order valence-electron chi connectivity index (χ3n) is 2.46. The molecule has 1 aromatic rings. The number of carboxylic acid groups (broad SMARTS) is 1. The van der Waals surface area contributed by atoms with Crippen molar-refractivity contribution in [3.05, 3.63) is 34.9 Å².